The van der Waals surface area contributed by atoms with Crippen molar-refractivity contribution in [3.8, 4) is 0 Å². The van der Waals surface area contributed by atoms with Crippen LogP contribution in [-0.4, -0.2) is 56.7 Å². The Kier molecular flexibility index (Phi) is 12.1. The zero-order chi connectivity index (χ0) is 19.4. The number of hydrogen-bond acceptors (Lipinski definition) is 4. The van der Waals surface area contributed by atoms with E-state index in [4.69, 9.17) is 4.74 Å². The fraction of sp³-hybridized carbons (Fsp3) is 0.650. The third-order valence-corrected chi connectivity index (χ3v) is 5.13. The molecule has 1 heterocycles. The predicted molar refractivity (Wildman–Crippen MR) is 123 cm³/mol. The number of guanidine groups is 1. The number of nitrogens with zero attached hydrogens (tertiary/aromatic N) is 2. The molecule has 158 valence electrons. The highest BCUT2D eigenvalue weighted by Gasteiger charge is 2.33. The standard InChI is InChI=1S/C20H33N5O2.HI/c1-3-27-14-10-20(8-4-5-9-20)16-25-19(21-2)24-13-12-23-18(26)17-7-6-11-22-15-17;/h6-7,11,15H,3-5,8-10,12-14,16H2,1-2H3,(H,23,26)(H2,21,24,25);1H. The molecule has 3 N–H and O–H groups in total. The van der Waals surface area contributed by atoms with Crippen LogP contribution in [0.4, 0.5) is 0 Å². The second kappa shape index (κ2) is 13.7. The lowest BCUT2D eigenvalue weighted by Crippen LogP contribution is -2.45. The minimum absolute atomic E-state index is 0. The molecular weight excluding hydrogens is 469 g/mol. The van der Waals surface area contributed by atoms with Crippen molar-refractivity contribution in [2.45, 2.75) is 39.0 Å². The maximum atomic E-state index is 12.0. The summed E-state index contributed by atoms with van der Waals surface area (Å²) in [5.74, 6) is 0.655. The molecule has 0 saturated heterocycles. The first-order valence-corrected chi connectivity index (χ1v) is 9.89. The summed E-state index contributed by atoms with van der Waals surface area (Å²) in [6.45, 7) is 5.67. The molecule has 0 unspecified atom stereocenters. The van der Waals surface area contributed by atoms with Crippen LogP contribution >= 0.6 is 24.0 Å². The summed E-state index contributed by atoms with van der Waals surface area (Å²) < 4.78 is 5.57. The number of amides is 1. The number of rotatable bonds is 10. The number of hydrogen-bond donors (Lipinski definition) is 3. The number of nitrogens with one attached hydrogen (secondary N) is 3. The van der Waals surface area contributed by atoms with E-state index >= 15 is 0 Å². The number of carbonyl (C=O) groups excluding carboxylic acids is 1. The van der Waals surface area contributed by atoms with Crippen LogP contribution in [0, 0.1) is 5.41 Å². The van der Waals surface area contributed by atoms with Gasteiger partial charge in [-0.1, -0.05) is 12.8 Å². The summed E-state index contributed by atoms with van der Waals surface area (Å²) in [6.07, 6.45) is 9.37. The number of halogens is 1. The van der Waals surface area contributed by atoms with Gasteiger partial charge in [-0.05, 0) is 43.7 Å². The Bertz CT molecular complexity index is 592. The van der Waals surface area contributed by atoms with E-state index in [1.54, 1.807) is 31.6 Å². The fourth-order valence-electron chi connectivity index (χ4n) is 3.52. The van der Waals surface area contributed by atoms with E-state index in [-0.39, 0.29) is 29.9 Å². The zero-order valence-corrected chi connectivity index (χ0v) is 19.3. The van der Waals surface area contributed by atoms with Gasteiger partial charge in [0, 0.05) is 52.3 Å². The Labute approximate surface area is 185 Å². The molecule has 0 aliphatic heterocycles. The van der Waals surface area contributed by atoms with Crippen molar-refractivity contribution >= 4 is 35.8 Å². The van der Waals surface area contributed by atoms with Gasteiger partial charge in [-0.2, -0.15) is 0 Å². The molecule has 1 aromatic heterocycles. The van der Waals surface area contributed by atoms with Crippen molar-refractivity contribution in [1.29, 1.82) is 0 Å². The Morgan fingerprint density at radius 1 is 1.25 bits per heavy atom. The molecule has 1 fully saturated rings. The molecule has 1 aliphatic rings. The smallest absolute Gasteiger partial charge is 0.252 e. The largest absolute Gasteiger partial charge is 0.382 e. The first-order valence-electron chi connectivity index (χ1n) is 9.89. The van der Waals surface area contributed by atoms with Crippen molar-refractivity contribution in [1.82, 2.24) is 20.9 Å². The Morgan fingerprint density at radius 2 is 2.00 bits per heavy atom. The van der Waals surface area contributed by atoms with Crippen LogP contribution in [0.5, 0.6) is 0 Å². The van der Waals surface area contributed by atoms with E-state index in [0.29, 0.717) is 24.1 Å². The highest BCUT2D eigenvalue weighted by atomic mass is 127. The van der Waals surface area contributed by atoms with E-state index in [9.17, 15) is 4.79 Å². The molecule has 1 saturated carbocycles. The summed E-state index contributed by atoms with van der Waals surface area (Å²) in [5, 5.41) is 9.60. The fourth-order valence-corrected chi connectivity index (χ4v) is 3.52. The van der Waals surface area contributed by atoms with Gasteiger partial charge in [-0.3, -0.25) is 14.8 Å². The van der Waals surface area contributed by atoms with Gasteiger partial charge in [0.2, 0.25) is 0 Å². The molecule has 0 bridgehead atoms. The third kappa shape index (κ3) is 8.30. The number of aromatic nitrogens is 1. The molecule has 0 spiro atoms. The first-order chi connectivity index (χ1) is 13.2. The quantitative estimate of drug-likeness (QED) is 0.198. The monoisotopic (exact) mass is 503 g/mol. The summed E-state index contributed by atoms with van der Waals surface area (Å²) in [6, 6.07) is 3.50. The van der Waals surface area contributed by atoms with Gasteiger partial charge in [-0.25, -0.2) is 0 Å². The Balaban J connectivity index is 0.00000392. The molecule has 0 atom stereocenters. The SMILES string of the molecule is CCOCCC1(CNC(=NC)NCCNC(=O)c2cccnc2)CCCC1.I. The minimum atomic E-state index is -0.117. The van der Waals surface area contributed by atoms with Crippen LogP contribution in [0.3, 0.4) is 0 Å². The molecule has 8 heteroatoms. The topological polar surface area (TPSA) is 87.6 Å². The molecule has 28 heavy (non-hydrogen) atoms. The van der Waals surface area contributed by atoms with Crippen LogP contribution in [0.1, 0.15) is 49.4 Å². The lowest BCUT2D eigenvalue weighted by molar-refractivity contribution is 0.0954. The third-order valence-electron chi connectivity index (χ3n) is 5.13. The van der Waals surface area contributed by atoms with Crippen LogP contribution < -0.4 is 16.0 Å². The average molecular weight is 503 g/mol. The van der Waals surface area contributed by atoms with Crippen molar-refractivity contribution in [3.63, 3.8) is 0 Å². The number of ether oxygens (including phenoxy) is 1. The molecule has 0 aromatic carbocycles. The predicted octanol–water partition coefficient (Wildman–Crippen LogP) is 2.58. The van der Waals surface area contributed by atoms with E-state index in [1.165, 1.54) is 25.7 Å². The van der Waals surface area contributed by atoms with Gasteiger partial charge in [0.1, 0.15) is 0 Å². The Hall–Kier alpha value is -1.42. The summed E-state index contributed by atoms with van der Waals surface area (Å²) in [7, 11) is 1.77. The highest BCUT2D eigenvalue weighted by molar-refractivity contribution is 14.0. The van der Waals surface area contributed by atoms with E-state index < -0.39 is 0 Å². The average Bonchev–Trinajstić information content (AvgIpc) is 3.17. The van der Waals surface area contributed by atoms with E-state index in [0.717, 1.165) is 32.1 Å². The molecule has 1 amide bonds. The van der Waals surface area contributed by atoms with Gasteiger partial charge in [-0.15, -0.1) is 24.0 Å². The van der Waals surface area contributed by atoms with Gasteiger partial charge < -0.3 is 20.7 Å². The van der Waals surface area contributed by atoms with Gasteiger partial charge in [0.25, 0.3) is 5.91 Å². The minimum Gasteiger partial charge on any atom is -0.382 e. The molecule has 7 nitrogen and oxygen atoms in total. The molecule has 1 aliphatic carbocycles. The van der Waals surface area contributed by atoms with Gasteiger partial charge in [0.05, 0.1) is 5.56 Å². The highest BCUT2D eigenvalue weighted by Crippen LogP contribution is 2.40. The summed E-state index contributed by atoms with van der Waals surface area (Å²) in [5.41, 5.74) is 0.874. The van der Waals surface area contributed by atoms with Crippen molar-refractivity contribution < 1.29 is 9.53 Å². The second-order valence-corrected chi connectivity index (χ2v) is 7.00. The van der Waals surface area contributed by atoms with Gasteiger partial charge in [0.15, 0.2) is 5.96 Å². The van der Waals surface area contributed by atoms with Crippen LogP contribution in [0.25, 0.3) is 0 Å². The number of pyridine rings is 1. The van der Waals surface area contributed by atoms with E-state index in [1.807, 2.05) is 6.92 Å². The number of aliphatic imine (C=N–C) groups is 1. The number of carbonyl (C=O) groups is 1. The summed E-state index contributed by atoms with van der Waals surface area (Å²) in [4.78, 5) is 20.2. The second-order valence-electron chi connectivity index (χ2n) is 7.00. The molecule has 2 rings (SSSR count). The maximum absolute atomic E-state index is 12.0. The first kappa shape index (κ1) is 24.6. The van der Waals surface area contributed by atoms with Crippen LogP contribution in [-0.2, 0) is 4.74 Å². The molecule has 0 radical (unpaired) electrons. The maximum Gasteiger partial charge on any atom is 0.252 e. The van der Waals surface area contributed by atoms with Crippen molar-refractivity contribution in [2.75, 3.05) is 39.9 Å². The molecular formula is C20H34IN5O2. The Morgan fingerprint density at radius 3 is 2.64 bits per heavy atom. The van der Waals surface area contributed by atoms with Gasteiger partial charge >= 0.3 is 0 Å². The van der Waals surface area contributed by atoms with Crippen LogP contribution in [0.15, 0.2) is 29.5 Å². The van der Waals surface area contributed by atoms with Crippen molar-refractivity contribution in [2.24, 2.45) is 10.4 Å². The lowest BCUT2D eigenvalue weighted by Gasteiger charge is -2.30. The summed E-state index contributed by atoms with van der Waals surface area (Å²) >= 11 is 0. The van der Waals surface area contributed by atoms with Crippen molar-refractivity contribution in [3.05, 3.63) is 30.1 Å². The normalized spacial score (nSPS) is 15.6. The zero-order valence-electron chi connectivity index (χ0n) is 17.0. The lowest BCUT2D eigenvalue weighted by atomic mass is 9.83. The van der Waals surface area contributed by atoms with E-state index in [2.05, 4.69) is 25.9 Å². The van der Waals surface area contributed by atoms with Crippen LogP contribution in [0.2, 0.25) is 0 Å². The molecule has 1 aromatic rings.